The summed E-state index contributed by atoms with van der Waals surface area (Å²) in [4.78, 5) is 36.3. The van der Waals surface area contributed by atoms with Gasteiger partial charge in [-0.25, -0.2) is 4.79 Å². The van der Waals surface area contributed by atoms with E-state index in [0.717, 1.165) is 12.0 Å². The van der Waals surface area contributed by atoms with Crippen molar-refractivity contribution in [3.8, 4) is 0 Å². The van der Waals surface area contributed by atoms with Crippen molar-refractivity contribution in [2.75, 3.05) is 6.61 Å². The first-order valence-corrected chi connectivity index (χ1v) is 10.0. The van der Waals surface area contributed by atoms with Gasteiger partial charge in [-0.1, -0.05) is 56.3 Å². The Morgan fingerprint density at radius 1 is 1.07 bits per heavy atom. The van der Waals surface area contributed by atoms with Crippen molar-refractivity contribution >= 4 is 23.0 Å². The molecule has 1 amide bonds. The molecular formula is C23H26N2O5. The molecule has 3 aromatic rings. The highest BCUT2D eigenvalue weighted by Gasteiger charge is 2.17. The zero-order valence-corrected chi connectivity index (χ0v) is 17.2. The van der Waals surface area contributed by atoms with Crippen molar-refractivity contribution in [2.45, 2.75) is 39.3 Å². The van der Waals surface area contributed by atoms with Gasteiger partial charge in [0.05, 0.1) is 18.0 Å². The Kier molecular flexibility index (Phi) is 7.06. The molecule has 1 heterocycles. The number of ether oxygens (including phenoxy) is 1. The maximum Gasteiger partial charge on any atom is 0.419 e. The van der Waals surface area contributed by atoms with Crippen molar-refractivity contribution in [3.05, 3.63) is 70.7 Å². The lowest BCUT2D eigenvalue weighted by Crippen LogP contribution is -2.33. The second-order valence-corrected chi connectivity index (χ2v) is 7.56. The van der Waals surface area contributed by atoms with Crippen molar-refractivity contribution in [2.24, 2.45) is 5.92 Å². The third-order valence-electron chi connectivity index (χ3n) is 4.72. The third-order valence-corrected chi connectivity index (χ3v) is 4.72. The Labute approximate surface area is 174 Å². The summed E-state index contributed by atoms with van der Waals surface area (Å²) in [6.45, 7) is 3.94. The lowest BCUT2D eigenvalue weighted by molar-refractivity contribution is -0.149. The molecule has 30 heavy (non-hydrogen) atoms. The number of amides is 1. The van der Waals surface area contributed by atoms with Crippen molar-refractivity contribution in [3.63, 3.8) is 0 Å². The Hall–Kier alpha value is -3.35. The van der Waals surface area contributed by atoms with E-state index in [0.29, 0.717) is 17.0 Å². The van der Waals surface area contributed by atoms with Crippen LogP contribution in [0, 0.1) is 5.92 Å². The van der Waals surface area contributed by atoms with Crippen LogP contribution >= 0.6 is 0 Å². The smallest absolute Gasteiger partial charge is 0.419 e. The molecule has 0 saturated heterocycles. The molecule has 0 aliphatic rings. The van der Waals surface area contributed by atoms with Gasteiger partial charge in [0.25, 0.3) is 5.91 Å². The maximum atomic E-state index is 12.3. The number of benzene rings is 2. The lowest BCUT2D eigenvalue weighted by atomic mass is 9.97. The lowest BCUT2D eigenvalue weighted by Gasteiger charge is -2.21. The average Bonchev–Trinajstić information content (AvgIpc) is 3.05. The molecule has 0 aliphatic heterocycles. The van der Waals surface area contributed by atoms with E-state index in [1.165, 1.54) is 4.57 Å². The molecule has 0 aliphatic carbocycles. The molecule has 1 N–H and O–H groups in total. The Morgan fingerprint density at radius 3 is 2.50 bits per heavy atom. The van der Waals surface area contributed by atoms with Crippen LogP contribution in [0.2, 0.25) is 0 Å². The van der Waals surface area contributed by atoms with Crippen LogP contribution in [0.5, 0.6) is 0 Å². The van der Waals surface area contributed by atoms with Gasteiger partial charge in [0.1, 0.15) is 0 Å². The quantitative estimate of drug-likeness (QED) is 0.546. The molecule has 7 nitrogen and oxygen atoms in total. The molecule has 7 heteroatoms. The highest BCUT2D eigenvalue weighted by molar-refractivity contribution is 5.81. The van der Waals surface area contributed by atoms with Crippen molar-refractivity contribution in [1.82, 2.24) is 9.88 Å². The number of oxazole rings is 1. The number of para-hydroxylation sites is 2. The fraction of sp³-hybridized carbons (Fsp3) is 0.348. The second-order valence-electron chi connectivity index (χ2n) is 7.56. The normalized spacial score (nSPS) is 12.1. The van der Waals surface area contributed by atoms with Gasteiger partial charge in [-0.05, 0) is 30.0 Å². The minimum Gasteiger partial charge on any atom is -0.456 e. The standard InChI is InChI=1S/C23H26N2O5/c1-16(2)14-18(17-8-4-3-5-9-17)24-21(26)15-29-22(27)12-13-25-19-10-6-7-11-20(19)30-23(25)28/h3-11,16,18H,12-15H2,1-2H3,(H,24,26)/t18-/m0/s1. The van der Waals surface area contributed by atoms with Crippen LogP contribution in [0.4, 0.5) is 0 Å². The molecule has 158 valence electrons. The summed E-state index contributed by atoms with van der Waals surface area (Å²) in [5.74, 6) is -1.05. The monoisotopic (exact) mass is 410 g/mol. The van der Waals surface area contributed by atoms with Crippen LogP contribution in [0.25, 0.3) is 11.1 Å². The second kappa shape index (κ2) is 9.91. The number of aryl methyl sites for hydroxylation is 1. The summed E-state index contributed by atoms with van der Waals surface area (Å²) in [6, 6.07) is 16.6. The summed E-state index contributed by atoms with van der Waals surface area (Å²) in [7, 11) is 0. The van der Waals surface area contributed by atoms with Crippen LogP contribution in [0.15, 0.2) is 63.8 Å². The zero-order valence-electron chi connectivity index (χ0n) is 17.2. The molecule has 0 radical (unpaired) electrons. The highest BCUT2D eigenvalue weighted by Crippen LogP contribution is 2.21. The number of carbonyl (C=O) groups excluding carboxylic acids is 2. The average molecular weight is 410 g/mol. The van der Waals surface area contributed by atoms with Gasteiger partial charge >= 0.3 is 11.7 Å². The van der Waals surface area contributed by atoms with Crippen LogP contribution < -0.4 is 11.1 Å². The summed E-state index contributed by atoms with van der Waals surface area (Å²) >= 11 is 0. The third kappa shape index (κ3) is 5.59. The maximum absolute atomic E-state index is 12.3. The number of hydrogen-bond donors (Lipinski definition) is 1. The van der Waals surface area contributed by atoms with Crippen molar-refractivity contribution < 1.29 is 18.7 Å². The van der Waals surface area contributed by atoms with Gasteiger partial charge in [-0.3, -0.25) is 14.2 Å². The Morgan fingerprint density at radius 2 is 1.77 bits per heavy atom. The number of nitrogens with one attached hydrogen (secondary N) is 1. The van der Waals surface area contributed by atoms with E-state index in [-0.39, 0.29) is 31.5 Å². The minimum absolute atomic E-state index is 0.0369. The summed E-state index contributed by atoms with van der Waals surface area (Å²) in [5.41, 5.74) is 2.09. The molecule has 1 aromatic heterocycles. The Bertz CT molecular complexity index is 1050. The predicted molar refractivity (Wildman–Crippen MR) is 113 cm³/mol. The van der Waals surface area contributed by atoms with E-state index in [9.17, 15) is 14.4 Å². The molecular weight excluding hydrogens is 384 g/mol. The van der Waals surface area contributed by atoms with Crippen LogP contribution in [-0.4, -0.2) is 23.1 Å². The Balaban J connectivity index is 1.51. The molecule has 0 bridgehead atoms. The minimum atomic E-state index is -0.553. The van der Waals surface area contributed by atoms with Gasteiger partial charge in [0.15, 0.2) is 12.2 Å². The molecule has 1 atom stereocenters. The number of nitrogens with zero attached hydrogens (tertiary/aromatic N) is 1. The molecule has 3 rings (SSSR count). The van der Waals surface area contributed by atoms with Gasteiger partial charge < -0.3 is 14.5 Å². The van der Waals surface area contributed by atoms with E-state index >= 15 is 0 Å². The van der Waals surface area contributed by atoms with Gasteiger partial charge in [0.2, 0.25) is 0 Å². The van der Waals surface area contributed by atoms with Gasteiger partial charge in [0, 0.05) is 6.54 Å². The summed E-state index contributed by atoms with van der Waals surface area (Å²) in [6.07, 6.45) is 0.741. The number of carbonyl (C=O) groups is 2. The number of hydrogen-bond acceptors (Lipinski definition) is 5. The summed E-state index contributed by atoms with van der Waals surface area (Å²) in [5, 5.41) is 2.94. The van der Waals surface area contributed by atoms with Crippen molar-refractivity contribution in [1.29, 1.82) is 0 Å². The van der Waals surface area contributed by atoms with E-state index in [4.69, 9.17) is 9.15 Å². The highest BCUT2D eigenvalue weighted by atomic mass is 16.5. The first-order valence-electron chi connectivity index (χ1n) is 10.0. The number of esters is 1. The molecule has 0 fully saturated rings. The number of aromatic nitrogens is 1. The van der Waals surface area contributed by atoms with Crippen LogP contribution in [0.3, 0.4) is 0 Å². The van der Waals surface area contributed by atoms with Gasteiger partial charge in [-0.2, -0.15) is 0 Å². The SMILES string of the molecule is CC(C)C[C@H](NC(=O)COC(=O)CCn1c(=O)oc2ccccc21)c1ccccc1. The topological polar surface area (TPSA) is 90.5 Å². The van der Waals surface area contributed by atoms with E-state index in [1.807, 2.05) is 30.3 Å². The first-order chi connectivity index (χ1) is 14.4. The largest absolute Gasteiger partial charge is 0.456 e. The van der Waals surface area contributed by atoms with E-state index in [1.54, 1.807) is 24.3 Å². The molecule has 2 aromatic carbocycles. The van der Waals surface area contributed by atoms with Gasteiger partial charge in [-0.15, -0.1) is 0 Å². The predicted octanol–water partition coefficient (Wildman–Crippen LogP) is 3.43. The molecule has 0 spiro atoms. The fourth-order valence-electron chi connectivity index (χ4n) is 3.32. The van der Waals surface area contributed by atoms with E-state index in [2.05, 4.69) is 19.2 Å². The van der Waals surface area contributed by atoms with E-state index < -0.39 is 11.7 Å². The molecule has 0 saturated carbocycles. The molecule has 0 unspecified atom stereocenters. The summed E-state index contributed by atoms with van der Waals surface area (Å²) < 4.78 is 11.6. The van der Waals surface area contributed by atoms with Crippen LogP contribution in [-0.2, 0) is 20.9 Å². The first kappa shape index (κ1) is 21.4. The zero-order chi connectivity index (χ0) is 21.5. The number of rotatable bonds is 9. The number of fused-ring (bicyclic) bond motifs is 1. The fourth-order valence-corrected chi connectivity index (χ4v) is 3.32. The van der Waals surface area contributed by atoms with Crippen LogP contribution in [0.1, 0.15) is 38.3 Å².